The normalized spacial score (nSPS) is 19.9. The molecule has 0 saturated carbocycles. The van der Waals surface area contributed by atoms with Gasteiger partial charge in [0.05, 0.1) is 19.4 Å². The lowest BCUT2D eigenvalue weighted by Crippen LogP contribution is -2.46. The molecule has 1 saturated heterocycles. The van der Waals surface area contributed by atoms with Crippen LogP contribution in [0.4, 0.5) is 0 Å². The van der Waals surface area contributed by atoms with Gasteiger partial charge in [0.25, 0.3) is 0 Å². The summed E-state index contributed by atoms with van der Waals surface area (Å²) in [4.78, 5) is 0. The number of aromatic nitrogens is 2. The molecule has 2 heterocycles. The number of aryl methyl sites for hydroxylation is 1. The fourth-order valence-corrected chi connectivity index (χ4v) is 1.82. The van der Waals surface area contributed by atoms with Crippen molar-refractivity contribution in [1.29, 1.82) is 0 Å². The van der Waals surface area contributed by atoms with Crippen molar-refractivity contribution in [2.75, 3.05) is 26.3 Å². The smallest absolute Gasteiger partial charge is 0.0608 e. The summed E-state index contributed by atoms with van der Waals surface area (Å²) in [5.74, 6) is 0. The lowest BCUT2D eigenvalue weighted by molar-refractivity contribution is 0.00484. The monoisotopic (exact) mass is 224 g/mol. The fraction of sp³-hybridized carbons (Fsp3) is 0.727. The largest absolute Gasteiger partial charge is 0.379 e. The Morgan fingerprint density at radius 3 is 2.88 bits per heavy atom. The molecule has 0 aliphatic carbocycles. The van der Waals surface area contributed by atoms with Gasteiger partial charge in [-0.2, -0.15) is 5.10 Å². The Morgan fingerprint density at radius 1 is 1.50 bits per heavy atom. The molecule has 1 aromatic heterocycles. The van der Waals surface area contributed by atoms with E-state index in [-0.39, 0.29) is 0 Å². The maximum atomic E-state index is 5.31. The van der Waals surface area contributed by atoms with Crippen LogP contribution < -0.4 is 5.43 Å². The van der Waals surface area contributed by atoms with Crippen molar-refractivity contribution in [3.63, 3.8) is 0 Å². The third-order valence-corrected chi connectivity index (χ3v) is 2.86. The van der Waals surface area contributed by atoms with Gasteiger partial charge in [0.2, 0.25) is 0 Å². The third-order valence-electron chi connectivity index (χ3n) is 2.86. The molecule has 0 bridgehead atoms. The van der Waals surface area contributed by atoms with Crippen LogP contribution in [0.15, 0.2) is 12.4 Å². The predicted molar refractivity (Wildman–Crippen MR) is 61.8 cm³/mol. The van der Waals surface area contributed by atoms with Crippen LogP contribution in [-0.2, 0) is 11.3 Å². The van der Waals surface area contributed by atoms with Gasteiger partial charge >= 0.3 is 0 Å². The van der Waals surface area contributed by atoms with Crippen molar-refractivity contribution >= 4 is 0 Å². The minimum absolute atomic E-state index is 0.304. The second-order valence-corrected chi connectivity index (χ2v) is 4.08. The fourth-order valence-electron chi connectivity index (χ4n) is 1.82. The molecule has 5 nitrogen and oxygen atoms in total. The second-order valence-electron chi connectivity index (χ2n) is 4.08. The molecular formula is C11H20N4O. The third kappa shape index (κ3) is 2.81. The highest BCUT2D eigenvalue weighted by atomic mass is 16.5. The number of ether oxygens (including phenoxy) is 1. The van der Waals surface area contributed by atoms with E-state index in [0.717, 1.165) is 32.8 Å². The zero-order chi connectivity index (χ0) is 11.4. The van der Waals surface area contributed by atoms with Gasteiger partial charge in [-0.05, 0) is 13.8 Å². The van der Waals surface area contributed by atoms with Gasteiger partial charge in [-0.15, -0.1) is 0 Å². The summed E-state index contributed by atoms with van der Waals surface area (Å²) >= 11 is 0. The van der Waals surface area contributed by atoms with Crippen LogP contribution in [-0.4, -0.2) is 41.1 Å². The van der Waals surface area contributed by atoms with Gasteiger partial charge in [-0.1, -0.05) is 0 Å². The summed E-state index contributed by atoms with van der Waals surface area (Å²) in [6.45, 7) is 8.70. The van der Waals surface area contributed by atoms with Crippen molar-refractivity contribution in [2.45, 2.75) is 26.4 Å². The number of morpholine rings is 1. The average Bonchev–Trinajstić information content (AvgIpc) is 2.79. The zero-order valence-electron chi connectivity index (χ0n) is 10.0. The summed E-state index contributed by atoms with van der Waals surface area (Å²) in [5.41, 5.74) is 4.70. The van der Waals surface area contributed by atoms with Crippen molar-refractivity contribution in [3.8, 4) is 0 Å². The zero-order valence-corrected chi connectivity index (χ0v) is 10.0. The van der Waals surface area contributed by atoms with Gasteiger partial charge in [-0.3, -0.25) is 4.68 Å². The molecular weight excluding hydrogens is 204 g/mol. The molecule has 16 heavy (non-hydrogen) atoms. The topological polar surface area (TPSA) is 42.3 Å². The quantitative estimate of drug-likeness (QED) is 0.821. The molecule has 0 amide bonds. The van der Waals surface area contributed by atoms with Gasteiger partial charge < -0.3 is 4.74 Å². The molecule has 0 radical (unpaired) electrons. The van der Waals surface area contributed by atoms with Crippen LogP contribution in [0.5, 0.6) is 0 Å². The first-order valence-corrected chi connectivity index (χ1v) is 5.91. The van der Waals surface area contributed by atoms with E-state index in [1.165, 1.54) is 5.56 Å². The van der Waals surface area contributed by atoms with Crippen LogP contribution in [0.25, 0.3) is 0 Å². The van der Waals surface area contributed by atoms with Crippen LogP contribution in [0, 0.1) is 0 Å². The van der Waals surface area contributed by atoms with Crippen LogP contribution in [0.2, 0.25) is 0 Å². The molecule has 2 rings (SSSR count). The maximum absolute atomic E-state index is 5.31. The van der Waals surface area contributed by atoms with Crippen molar-refractivity contribution in [2.24, 2.45) is 0 Å². The molecule has 1 atom stereocenters. The van der Waals surface area contributed by atoms with E-state index in [9.17, 15) is 0 Å². The molecule has 1 N–H and O–H groups in total. The first-order valence-electron chi connectivity index (χ1n) is 5.91. The van der Waals surface area contributed by atoms with E-state index >= 15 is 0 Å². The Morgan fingerprint density at radius 2 is 2.25 bits per heavy atom. The molecule has 1 fully saturated rings. The van der Waals surface area contributed by atoms with E-state index in [2.05, 4.69) is 35.6 Å². The average molecular weight is 224 g/mol. The van der Waals surface area contributed by atoms with Crippen molar-refractivity contribution in [3.05, 3.63) is 18.0 Å². The number of hydrogen-bond acceptors (Lipinski definition) is 4. The summed E-state index contributed by atoms with van der Waals surface area (Å²) in [7, 11) is 0. The van der Waals surface area contributed by atoms with E-state index in [1.54, 1.807) is 0 Å². The second kappa shape index (κ2) is 5.43. The van der Waals surface area contributed by atoms with E-state index in [4.69, 9.17) is 4.74 Å². The van der Waals surface area contributed by atoms with E-state index < -0.39 is 0 Å². The van der Waals surface area contributed by atoms with Crippen molar-refractivity contribution < 1.29 is 4.74 Å². The maximum Gasteiger partial charge on any atom is 0.0608 e. The first-order chi connectivity index (χ1) is 7.79. The standard InChI is InChI=1S/C11H20N4O/c1-3-14-9-11(8-12-14)10(2)13-15-4-6-16-7-5-15/h8-10,13H,3-7H2,1-2H3. The number of nitrogens with zero attached hydrogens (tertiary/aromatic N) is 3. The van der Waals surface area contributed by atoms with Crippen LogP contribution in [0.3, 0.4) is 0 Å². The predicted octanol–water partition coefficient (Wildman–Crippen LogP) is 0.801. The number of rotatable bonds is 4. The van der Waals surface area contributed by atoms with Crippen LogP contribution in [0.1, 0.15) is 25.5 Å². The molecule has 1 aliphatic heterocycles. The molecule has 0 spiro atoms. The number of hydrazine groups is 1. The molecule has 1 aliphatic rings. The summed E-state index contributed by atoms with van der Waals surface area (Å²) in [6.07, 6.45) is 4.03. The van der Waals surface area contributed by atoms with Crippen LogP contribution >= 0.6 is 0 Å². The van der Waals surface area contributed by atoms with Gasteiger partial charge in [-0.25, -0.2) is 10.4 Å². The molecule has 1 unspecified atom stereocenters. The number of nitrogens with one attached hydrogen (secondary N) is 1. The molecule has 90 valence electrons. The minimum Gasteiger partial charge on any atom is -0.379 e. The summed E-state index contributed by atoms with van der Waals surface area (Å²) in [6, 6.07) is 0.304. The summed E-state index contributed by atoms with van der Waals surface area (Å²) < 4.78 is 7.26. The molecule has 1 aromatic rings. The Kier molecular flexibility index (Phi) is 3.93. The highest BCUT2D eigenvalue weighted by molar-refractivity contribution is 5.08. The highest BCUT2D eigenvalue weighted by Gasteiger charge is 2.14. The van der Waals surface area contributed by atoms with E-state index in [1.807, 2.05) is 10.9 Å². The molecule has 5 heteroatoms. The Bertz CT molecular complexity index is 320. The Labute approximate surface area is 96.3 Å². The lowest BCUT2D eigenvalue weighted by atomic mass is 10.2. The Hall–Kier alpha value is -0.910. The summed E-state index contributed by atoms with van der Waals surface area (Å²) in [5, 5.41) is 6.50. The number of hydrogen-bond donors (Lipinski definition) is 1. The van der Waals surface area contributed by atoms with E-state index in [0.29, 0.717) is 6.04 Å². The lowest BCUT2D eigenvalue weighted by Gasteiger charge is -2.29. The highest BCUT2D eigenvalue weighted by Crippen LogP contribution is 2.11. The molecule has 0 aromatic carbocycles. The van der Waals surface area contributed by atoms with Gasteiger partial charge in [0.1, 0.15) is 0 Å². The minimum atomic E-state index is 0.304. The first kappa shape index (κ1) is 11.6. The van der Waals surface area contributed by atoms with Gasteiger partial charge in [0, 0.05) is 37.4 Å². The Balaban J connectivity index is 1.88. The van der Waals surface area contributed by atoms with Gasteiger partial charge in [0.15, 0.2) is 0 Å². The van der Waals surface area contributed by atoms with Crippen molar-refractivity contribution in [1.82, 2.24) is 20.2 Å². The SMILES string of the molecule is CCn1cc(C(C)NN2CCOCC2)cn1.